The second-order valence-electron chi connectivity index (χ2n) is 10.7. The van der Waals surface area contributed by atoms with Crippen molar-refractivity contribution in [1.82, 2.24) is 0 Å². The molecule has 26 heavy (non-hydrogen) atoms. The lowest BCUT2D eigenvalue weighted by Gasteiger charge is -2.44. The van der Waals surface area contributed by atoms with Gasteiger partial charge in [-0.1, -0.05) is 47.6 Å². The summed E-state index contributed by atoms with van der Waals surface area (Å²) in [6, 6.07) is 0. The first-order chi connectivity index (χ1) is 11.5. The number of esters is 1. The molecule has 1 heterocycles. The Hall–Kier alpha value is -0.436. The molecule has 0 spiro atoms. The van der Waals surface area contributed by atoms with E-state index in [-0.39, 0.29) is 22.1 Å². The summed E-state index contributed by atoms with van der Waals surface area (Å²) >= 11 is 0. The van der Waals surface area contributed by atoms with Crippen LogP contribution in [0.2, 0.25) is 36.3 Å². The van der Waals surface area contributed by atoms with Crippen LogP contribution in [-0.2, 0) is 18.4 Å². The van der Waals surface area contributed by atoms with E-state index in [0.29, 0.717) is 19.4 Å². The van der Waals surface area contributed by atoms with Gasteiger partial charge in [0.1, 0.15) is 0 Å². The number of hydrogen-bond donors (Lipinski definition) is 0. The topological polar surface area (TPSA) is 44.8 Å². The van der Waals surface area contributed by atoms with Crippen molar-refractivity contribution in [3.63, 3.8) is 0 Å². The van der Waals surface area contributed by atoms with Crippen LogP contribution in [0.25, 0.3) is 0 Å². The molecule has 1 aliphatic heterocycles. The van der Waals surface area contributed by atoms with Gasteiger partial charge in [0.2, 0.25) is 0 Å². The highest BCUT2D eigenvalue weighted by atomic mass is 28.4. The molecule has 0 unspecified atom stereocenters. The minimum atomic E-state index is -2.04. The van der Waals surface area contributed by atoms with E-state index in [1.165, 1.54) is 0 Å². The van der Waals surface area contributed by atoms with Crippen molar-refractivity contribution in [3.8, 4) is 0 Å². The summed E-state index contributed by atoms with van der Waals surface area (Å²) in [7, 11) is -4.00. The van der Waals surface area contributed by atoms with Crippen LogP contribution < -0.4 is 0 Å². The molecule has 152 valence electrons. The van der Waals surface area contributed by atoms with E-state index in [4.69, 9.17) is 13.6 Å². The van der Waals surface area contributed by atoms with Gasteiger partial charge in [0.25, 0.3) is 0 Å². The third-order valence-corrected chi connectivity index (χ3v) is 15.4. The summed E-state index contributed by atoms with van der Waals surface area (Å²) in [4.78, 5) is 12.2. The van der Waals surface area contributed by atoms with Crippen LogP contribution >= 0.6 is 0 Å². The first kappa shape index (κ1) is 23.6. The Bertz CT molecular complexity index is 529. The van der Waals surface area contributed by atoms with Crippen molar-refractivity contribution < 1.29 is 18.4 Å². The van der Waals surface area contributed by atoms with E-state index in [1.807, 2.05) is 6.08 Å². The van der Waals surface area contributed by atoms with E-state index in [2.05, 4.69) is 74.3 Å². The Morgan fingerprint density at radius 2 is 1.62 bits per heavy atom. The summed E-state index contributed by atoms with van der Waals surface area (Å²) in [6.07, 6.45) is 2.38. The molecule has 1 fully saturated rings. The van der Waals surface area contributed by atoms with Crippen LogP contribution in [0.5, 0.6) is 0 Å². The molecule has 0 amide bonds. The van der Waals surface area contributed by atoms with Gasteiger partial charge in [-0.05, 0) is 36.3 Å². The lowest BCUT2D eigenvalue weighted by molar-refractivity contribution is -0.154. The summed E-state index contributed by atoms with van der Waals surface area (Å²) in [5, 5.41) is 0.166. The van der Waals surface area contributed by atoms with Gasteiger partial charge in [-0.15, -0.1) is 6.58 Å². The van der Waals surface area contributed by atoms with Gasteiger partial charge in [0.05, 0.1) is 19.1 Å². The average Bonchev–Trinajstić information content (AvgIpc) is 2.70. The number of ether oxygens (including phenoxy) is 1. The van der Waals surface area contributed by atoms with Crippen molar-refractivity contribution in [2.45, 2.75) is 102 Å². The van der Waals surface area contributed by atoms with Gasteiger partial charge >= 0.3 is 5.97 Å². The van der Waals surface area contributed by atoms with Crippen LogP contribution in [0.4, 0.5) is 0 Å². The van der Waals surface area contributed by atoms with E-state index >= 15 is 0 Å². The highest BCUT2D eigenvalue weighted by molar-refractivity contribution is 6.74. The highest BCUT2D eigenvalue weighted by Gasteiger charge is 2.54. The van der Waals surface area contributed by atoms with Gasteiger partial charge in [0, 0.05) is 6.42 Å². The fraction of sp³-hybridized carbons (Fsp3) is 0.850. The zero-order valence-corrected chi connectivity index (χ0v) is 20.6. The van der Waals surface area contributed by atoms with Gasteiger partial charge in [-0.3, -0.25) is 4.79 Å². The summed E-state index contributed by atoms with van der Waals surface area (Å²) in [6.45, 7) is 26.4. The molecule has 1 rings (SSSR count). The second kappa shape index (κ2) is 7.53. The molecule has 0 aromatic heterocycles. The van der Waals surface area contributed by atoms with E-state index in [0.717, 1.165) is 0 Å². The zero-order valence-electron chi connectivity index (χ0n) is 18.6. The summed E-state index contributed by atoms with van der Waals surface area (Å²) in [5.41, 5.74) is -0.760. The van der Waals surface area contributed by atoms with Gasteiger partial charge in [-0.2, -0.15) is 0 Å². The van der Waals surface area contributed by atoms with Crippen LogP contribution in [0.1, 0.15) is 54.4 Å². The first-order valence-corrected chi connectivity index (χ1v) is 15.4. The monoisotopic (exact) mass is 400 g/mol. The maximum atomic E-state index is 12.2. The van der Waals surface area contributed by atoms with E-state index in [1.54, 1.807) is 0 Å². The molecule has 0 radical (unpaired) electrons. The summed E-state index contributed by atoms with van der Waals surface area (Å²) in [5.74, 6) is -0.200. The molecule has 6 heteroatoms. The number of hydrogen-bond acceptors (Lipinski definition) is 4. The molecule has 4 nitrogen and oxygen atoms in total. The molecule has 1 aliphatic rings. The van der Waals surface area contributed by atoms with Crippen molar-refractivity contribution in [2.24, 2.45) is 0 Å². The lowest BCUT2D eigenvalue weighted by Crippen LogP contribution is -2.54. The Labute approximate surface area is 162 Å². The molecular weight excluding hydrogens is 360 g/mol. The fourth-order valence-electron chi connectivity index (χ4n) is 2.47. The van der Waals surface area contributed by atoms with Crippen LogP contribution in [0.3, 0.4) is 0 Å². The minimum Gasteiger partial charge on any atom is -0.453 e. The van der Waals surface area contributed by atoms with Crippen LogP contribution in [0, 0.1) is 0 Å². The molecule has 0 N–H and O–H groups in total. The normalized spacial score (nSPS) is 25.3. The molecule has 0 saturated carbocycles. The quantitative estimate of drug-likeness (QED) is 0.314. The first-order valence-electron chi connectivity index (χ1n) is 9.62. The molecule has 0 bridgehead atoms. The Morgan fingerprint density at radius 1 is 1.12 bits per heavy atom. The smallest absolute Gasteiger partial charge is 0.309 e. The van der Waals surface area contributed by atoms with Crippen LogP contribution in [0.15, 0.2) is 12.7 Å². The number of carbonyl (C=O) groups excluding carboxylic acids is 1. The SMILES string of the molecule is C=CC[C@]1(CO[Si](C)(C)C(C)(C)C)OC(=O)C[C@H]1O[Si](C)(C)C(C)(C)C. The Morgan fingerprint density at radius 3 is 2.04 bits per heavy atom. The molecular formula is C20H40O4Si2. The number of cyclic esters (lactones) is 1. The third-order valence-electron chi connectivity index (χ3n) is 6.47. The standard InChI is InChI=1S/C20H40O4Si2/c1-12-13-20(15-22-25(8,9)18(2,3)4)16(14-17(21)23-20)24-26(10,11)19(5,6)7/h12,16H,1,13-15H2,2-11H3/t16-,20-/m1/s1. The second-order valence-corrected chi connectivity index (χ2v) is 20.2. The molecule has 2 atom stereocenters. The molecule has 0 aliphatic carbocycles. The minimum absolute atomic E-state index is 0.0683. The maximum absolute atomic E-state index is 12.2. The molecule has 0 aromatic rings. The van der Waals surface area contributed by atoms with Gasteiger partial charge in [-0.25, -0.2) is 0 Å². The Balaban J connectivity index is 3.12. The maximum Gasteiger partial charge on any atom is 0.309 e. The molecule has 1 saturated heterocycles. The number of carbonyl (C=O) groups is 1. The summed E-state index contributed by atoms with van der Waals surface area (Å²) < 4.78 is 18.9. The number of rotatable bonds is 7. The fourth-order valence-corrected chi connectivity index (χ4v) is 4.87. The van der Waals surface area contributed by atoms with Crippen molar-refractivity contribution in [3.05, 3.63) is 12.7 Å². The van der Waals surface area contributed by atoms with Gasteiger partial charge in [0.15, 0.2) is 22.2 Å². The highest BCUT2D eigenvalue weighted by Crippen LogP contribution is 2.44. The van der Waals surface area contributed by atoms with Crippen molar-refractivity contribution in [1.29, 1.82) is 0 Å². The zero-order chi connectivity index (χ0) is 20.6. The van der Waals surface area contributed by atoms with Crippen molar-refractivity contribution >= 4 is 22.6 Å². The van der Waals surface area contributed by atoms with E-state index < -0.39 is 22.2 Å². The average molecular weight is 401 g/mol. The van der Waals surface area contributed by atoms with E-state index in [9.17, 15) is 4.79 Å². The van der Waals surface area contributed by atoms with Crippen molar-refractivity contribution in [2.75, 3.05) is 6.61 Å². The third kappa shape index (κ3) is 5.09. The predicted octanol–water partition coefficient (Wildman–Crippen LogP) is 5.66. The van der Waals surface area contributed by atoms with Gasteiger partial charge < -0.3 is 13.6 Å². The molecule has 0 aromatic carbocycles. The Kier molecular flexibility index (Phi) is 6.83. The largest absolute Gasteiger partial charge is 0.453 e. The lowest BCUT2D eigenvalue weighted by atomic mass is 9.94. The van der Waals surface area contributed by atoms with Crippen LogP contribution in [-0.4, -0.2) is 40.9 Å². The predicted molar refractivity (Wildman–Crippen MR) is 113 cm³/mol.